The van der Waals surface area contributed by atoms with Crippen molar-refractivity contribution < 1.29 is 23.8 Å². The first-order valence-electron chi connectivity index (χ1n) is 8.96. The molecule has 0 saturated carbocycles. The monoisotopic (exact) mass is 384 g/mol. The number of carbonyl (C=O) groups is 2. The third-order valence-corrected chi connectivity index (χ3v) is 4.93. The first-order valence-corrected chi connectivity index (χ1v) is 8.96. The molecule has 0 bridgehead atoms. The fourth-order valence-electron chi connectivity index (χ4n) is 3.36. The van der Waals surface area contributed by atoms with Crippen molar-refractivity contribution in [2.75, 3.05) is 34.5 Å². The Kier molecular flexibility index (Phi) is 5.84. The van der Waals surface area contributed by atoms with Crippen LogP contribution in [0, 0.1) is 0 Å². The lowest BCUT2D eigenvalue weighted by Gasteiger charge is -2.34. The van der Waals surface area contributed by atoms with Crippen molar-refractivity contribution in [1.82, 2.24) is 10.2 Å². The summed E-state index contributed by atoms with van der Waals surface area (Å²) >= 11 is 0. The van der Waals surface area contributed by atoms with E-state index in [1.54, 1.807) is 21.1 Å². The molecule has 0 aromatic heterocycles. The Morgan fingerprint density at radius 1 is 1.14 bits per heavy atom. The number of rotatable bonds is 6. The summed E-state index contributed by atoms with van der Waals surface area (Å²) in [5, 5.41) is 4.80. The fraction of sp³-hybridized carbons (Fsp3) is 0.333. The van der Waals surface area contributed by atoms with E-state index in [-0.39, 0.29) is 12.6 Å². The van der Waals surface area contributed by atoms with Gasteiger partial charge in [-0.3, -0.25) is 0 Å². The van der Waals surface area contributed by atoms with Gasteiger partial charge >= 0.3 is 12.0 Å². The molecule has 7 nitrogen and oxygen atoms in total. The molecule has 2 amide bonds. The molecular weight excluding hydrogens is 360 g/mol. The lowest BCUT2D eigenvalue weighted by molar-refractivity contribution is -0.140. The standard InChI is InChI=1S/C21H24N2O5/c1-13-17(20(24)28-12-11-26-3)19(22-21(25)23(13)2)18-15-8-6-5-7-14(15)9-10-16(18)27-4/h5-10,19H,11-12H2,1-4H3,(H,22,25)/t19-/m1/s1. The summed E-state index contributed by atoms with van der Waals surface area (Å²) in [6.45, 7) is 2.15. The minimum Gasteiger partial charge on any atom is -0.496 e. The first-order chi connectivity index (χ1) is 13.5. The quantitative estimate of drug-likeness (QED) is 0.612. The molecule has 0 aliphatic carbocycles. The minimum atomic E-state index is -0.695. The summed E-state index contributed by atoms with van der Waals surface area (Å²) in [4.78, 5) is 26.8. The summed E-state index contributed by atoms with van der Waals surface area (Å²) in [5.41, 5.74) is 1.62. The molecule has 3 rings (SSSR count). The maximum Gasteiger partial charge on any atom is 0.338 e. The molecule has 0 saturated heterocycles. The summed E-state index contributed by atoms with van der Waals surface area (Å²) in [7, 11) is 4.72. The third kappa shape index (κ3) is 3.53. The highest BCUT2D eigenvalue weighted by atomic mass is 16.6. The summed E-state index contributed by atoms with van der Waals surface area (Å²) < 4.78 is 15.9. The van der Waals surface area contributed by atoms with Crippen LogP contribution in [0.3, 0.4) is 0 Å². The normalized spacial score (nSPS) is 16.9. The average Bonchev–Trinajstić information content (AvgIpc) is 2.71. The molecule has 0 radical (unpaired) electrons. The molecule has 1 atom stereocenters. The van der Waals surface area contributed by atoms with Gasteiger partial charge in [-0.05, 0) is 23.8 Å². The number of allylic oxidation sites excluding steroid dienone is 1. The van der Waals surface area contributed by atoms with E-state index < -0.39 is 12.0 Å². The second kappa shape index (κ2) is 8.31. The van der Waals surface area contributed by atoms with Crippen LogP contribution < -0.4 is 10.1 Å². The molecule has 28 heavy (non-hydrogen) atoms. The highest BCUT2D eigenvalue weighted by Gasteiger charge is 2.37. The van der Waals surface area contributed by atoms with Gasteiger partial charge in [-0.25, -0.2) is 9.59 Å². The zero-order valence-electron chi connectivity index (χ0n) is 16.4. The fourth-order valence-corrected chi connectivity index (χ4v) is 3.36. The smallest absolute Gasteiger partial charge is 0.338 e. The average molecular weight is 384 g/mol. The van der Waals surface area contributed by atoms with Crippen molar-refractivity contribution in [3.8, 4) is 5.75 Å². The van der Waals surface area contributed by atoms with E-state index in [4.69, 9.17) is 14.2 Å². The molecule has 0 fully saturated rings. The Morgan fingerprint density at radius 2 is 1.89 bits per heavy atom. The van der Waals surface area contributed by atoms with E-state index in [9.17, 15) is 9.59 Å². The molecular formula is C21H24N2O5. The van der Waals surface area contributed by atoms with Gasteiger partial charge in [0.15, 0.2) is 0 Å². The zero-order valence-corrected chi connectivity index (χ0v) is 16.4. The summed E-state index contributed by atoms with van der Waals surface area (Å²) in [6, 6.07) is 10.6. The van der Waals surface area contributed by atoms with Gasteiger partial charge in [0.25, 0.3) is 0 Å². The molecule has 0 spiro atoms. The molecule has 2 aromatic carbocycles. The number of hydrogen-bond acceptors (Lipinski definition) is 5. The van der Waals surface area contributed by atoms with Crippen molar-refractivity contribution in [3.63, 3.8) is 0 Å². The molecule has 1 N–H and O–H groups in total. The Balaban J connectivity index is 2.17. The van der Waals surface area contributed by atoms with Crippen LogP contribution in [-0.2, 0) is 14.3 Å². The first kappa shape index (κ1) is 19.7. The van der Waals surface area contributed by atoms with Crippen molar-refractivity contribution >= 4 is 22.8 Å². The van der Waals surface area contributed by atoms with Crippen molar-refractivity contribution in [2.45, 2.75) is 13.0 Å². The summed E-state index contributed by atoms with van der Waals surface area (Å²) in [5.74, 6) is 0.0879. The number of ether oxygens (including phenoxy) is 3. The van der Waals surface area contributed by atoms with Crippen LogP contribution in [-0.4, -0.2) is 51.4 Å². The lowest BCUT2D eigenvalue weighted by atomic mass is 9.90. The van der Waals surface area contributed by atoms with Crippen LogP contribution in [0.25, 0.3) is 10.8 Å². The molecule has 148 valence electrons. The number of methoxy groups -OCH3 is 2. The summed E-state index contributed by atoms with van der Waals surface area (Å²) in [6.07, 6.45) is 0. The van der Waals surface area contributed by atoms with Gasteiger partial charge in [0, 0.05) is 25.4 Å². The predicted octanol–water partition coefficient (Wildman–Crippen LogP) is 3.01. The SMILES string of the molecule is COCCOC(=O)C1=C(C)N(C)C(=O)N[C@H]1c1c(OC)ccc2ccccc12. The van der Waals surface area contributed by atoms with Crippen molar-refractivity contribution in [1.29, 1.82) is 0 Å². The van der Waals surface area contributed by atoms with E-state index in [2.05, 4.69) is 5.32 Å². The largest absolute Gasteiger partial charge is 0.496 e. The Labute approximate surface area is 163 Å². The van der Waals surface area contributed by atoms with Crippen LogP contribution in [0.15, 0.2) is 47.7 Å². The van der Waals surface area contributed by atoms with Crippen LogP contribution in [0.5, 0.6) is 5.75 Å². The maximum absolute atomic E-state index is 12.9. The number of nitrogens with zero attached hydrogens (tertiary/aromatic N) is 1. The second-order valence-electron chi connectivity index (χ2n) is 6.47. The molecule has 0 unspecified atom stereocenters. The number of urea groups is 1. The van der Waals surface area contributed by atoms with Crippen molar-refractivity contribution in [3.05, 3.63) is 53.2 Å². The van der Waals surface area contributed by atoms with E-state index in [1.165, 1.54) is 12.0 Å². The van der Waals surface area contributed by atoms with Crippen LogP contribution >= 0.6 is 0 Å². The minimum absolute atomic E-state index is 0.128. The van der Waals surface area contributed by atoms with Gasteiger partial charge in [0.2, 0.25) is 0 Å². The van der Waals surface area contributed by atoms with Gasteiger partial charge in [0.05, 0.1) is 25.3 Å². The highest BCUT2D eigenvalue weighted by molar-refractivity contribution is 5.98. The van der Waals surface area contributed by atoms with E-state index in [1.807, 2.05) is 36.4 Å². The van der Waals surface area contributed by atoms with E-state index in [0.29, 0.717) is 23.6 Å². The molecule has 1 aliphatic rings. The Morgan fingerprint density at radius 3 is 2.61 bits per heavy atom. The van der Waals surface area contributed by atoms with Crippen LogP contribution in [0.1, 0.15) is 18.5 Å². The van der Waals surface area contributed by atoms with Crippen molar-refractivity contribution in [2.24, 2.45) is 0 Å². The highest BCUT2D eigenvalue weighted by Crippen LogP contribution is 2.39. The molecule has 7 heteroatoms. The second-order valence-corrected chi connectivity index (χ2v) is 6.47. The number of carbonyl (C=O) groups excluding carboxylic acids is 2. The Bertz CT molecular complexity index is 938. The number of fused-ring (bicyclic) bond motifs is 1. The van der Waals surface area contributed by atoms with Gasteiger partial charge in [0.1, 0.15) is 12.4 Å². The van der Waals surface area contributed by atoms with Gasteiger partial charge in [-0.15, -0.1) is 0 Å². The molecule has 1 aliphatic heterocycles. The van der Waals surface area contributed by atoms with E-state index in [0.717, 1.165) is 16.3 Å². The van der Waals surface area contributed by atoms with Crippen LogP contribution in [0.2, 0.25) is 0 Å². The maximum atomic E-state index is 12.9. The molecule has 1 heterocycles. The van der Waals surface area contributed by atoms with E-state index >= 15 is 0 Å². The van der Waals surface area contributed by atoms with Gasteiger partial charge in [-0.1, -0.05) is 30.3 Å². The lowest BCUT2D eigenvalue weighted by Crippen LogP contribution is -2.46. The Hall–Kier alpha value is -3.06. The number of esters is 1. The predicted molar refractivity (Wildman–Crippen MR) is 105 cm³/mol. The zero-order chi connectivity index (χ0) is 20.3. The molecule has 2 aromatic rings. The number of nitrogens with one attached hydrogen (secondary N) is 1. The number of benzene rings is 2. The van der Waals surface area contributed by atoms with Gasteiger partial charge in [-0.2, -0.15) is 0 Å². The third-order valence-electron chi connectivity index (χ3n) is 4.93. The number of amides is 2. The van der Waals surface area contributed by atoms with Crippen LogP contribution in [0.4, 0.5) is 4.79 Å². The number of hydrogen-bond donors (Lipinski definition) is 1. The topological polar surface area (TPSA) is 77.1 Å². The van der Waals surface area contributed by atoms with Gasteiger partial charge < -0.3 is 24.4 Å².